The zero-order valence-electron chi connectivity index (χ0n) is 19.7. The highest BCUT2D eigenvalue weighted by Gasteiger charge is 2.29. The molecule has 0 saturated heterocycles. The van der Waals surface area contributed by atoms with Crippen LogP contribution < -0.4 is 5.73 Å². The Morgan fingerprint density at radius 3 is 2.79 bits per heavy atom. The van der Waals surface area contributed by atoms with Crippen LogP contribution in [0, 0.1) is 0 Å². The average molecular weight is 465 g/mol. The van der Waals surface area contributed by atoms with Gasteiger partial charge in [0.15, 0.2) is 0 Å². The standard InChI is InChI=1S/C26H32N4O2S/c1-5-30(25(31)32-26(2,3)4)19-11-8-17(9-12-19)21-16-28-22-13-10-18(15-20(21)22)29-24(27)23-7-6-14-33-23/h6-8,10,13-16,19,28H,5,9,11-12H2,1-4H3,(H2,27,29). The largest absolute Gasteiger partial charge is 0.444 e. The highest BCUT2D eigenvalue weighted by molar-refractivity contribution is 7.12. The summed E-state index contributed by atoms with van der Waals surface area (Å²) in [6, 6.07) is 10.2. The first-order chi connectivity index (χ1) is 15.7. The van der Waals surface area contributed by atoms with Gasteiger partial charge in [-0.25, -0.2) is 9.79 Å². The minimum absolute atomic E-state index is 0.157. The van der Waals surface area contributed by atoms with E-state index in [0.717, 1.165) is 40.7 Å². The van der Waals surface area contributed by atoms with E-state index in [1.165, 1.54) is 11.1 Å². The number of hydrogen-bond donors (Lipinski definition) is 2. The van der Waals surface area contributed by atoms with Crippen LogP contribution in [0.1, 0.15) is 57.4 Å². The minimum Gasteiger partial charge on any atom is -0.444 e. The number of rotatable bonds is 5. The van der Waals surface area contributed by atoms with Crippen LogP contribution in [0.4, 0.5) is 10.5 Å². The lowest BCUT2D eigenvalue weighted by atomic mass is 9.90. The fourth-order valence-corrected chi connectivity index (χ4v) is 4.89. The lowest BCUT2D eigenvalue weighted by Gasteiger charge is -2.34. The summed E-state index contributed by atoms with van der Waals surface area (Å²) in [6.45, 7) is 8.36. The van der Waals surface area contributed by atoms with Gasteiger partial charge in [0, 0.05) is 35.2 Å². The SMILES string of the molecule is CCN(C(=O)OC(C)(C)C)C1CC=C(c2c[nH]c3ccc(N=C(N)c4cccs4)cc23)CC1. The number of amides is 1. The number of H-pyrrole nitrogens is 1. The molecule has 0 aliphatic heterocycles. The second kappa shape index (κ2) is 9.43. The van der Waals surface area contributed by atoms with Gasteiger partial charge in [0.25, 0.3) is 0 Å². The minimum atomic E-state index is -0.489. The molecule has 6 nitrogen and oxygen atoms in total. The van der Waals surface area contributed by atoms with Crippen molar-refractivity contribution in [1.29, 1.82) is 0 Å². The number of thiophene rings is 1. The number of nitrogens with zero attached hydrogens (tertiary/aromatic N) is 2. The summed E-state index contributed by atoms with van der Waals surface area (Å²) in [5.41, 5.74) is 10.1. The van der Waals surface area contributed by atoms with Gasteiger partial charge in [-0.15, -0.1) is 11.3 Å². The number of amidine groups is 1. The number of nitrogens with two attached hydrogens (primary N) is 1. The van der Waals surface area contributed by atoms with Crippen molar-refractivity contribution in [2.24, 2.45) is 10.7 Å². The predicted molar refractivity (Wildman–Crippen MR) is 137 cm³/mol. The topological polar surface area (TPSA) is 83.7 Å². The first kappa shape index (κ1) is 23.1. The van der Waals surface area contributed by atoms with E-state index < -0.39 is 5.60 Å². The van der Waals surface area contributed by atoms with E-state index in [4.69, 9.17) is 10.5 Å². The third-order valence-electron chi connectivity index (χ3n) is 5.83. The molecule has 1 aliphatic rings. The highest BCUT2D eigenvalue weighted by atomic mass is 32.1. The molecule has 0 radical (unpaired) electrons. The molecule has 7 heteroatoms. The van der Waals surface area contributed by atoms with E-state index in [-0.39, 0.29) is 12.1 Å². The second-order valence-corrected chi connectivity index (χ2v) is 10.3. The number of nitrogens with one attached hydrogen (secondary N) is 1. The van der Waals surface area contributed by atoms with Crippen LogP contribution in [-0.4, -0.2) is 40.0 Å². The lowest BCUT2D eigenvalue weighted by molar-refractivity contribution is 0.0165. The third kappa shape index (κ3) is 5.30. The van der Waals surface area contributed by atoms with Crippen LogP contribution in [0.5, 0.6) is 0 Å². The number of aliphatic imine (C=N–C) groups is 1. The molecule has 1 atom stereocenters. The summed E-state index contributed by atoms with van der Waals surface area (Å²) in [4.78, 5) is 23.5. The Morgan fingerprint density at radius 2 is 2.15 bits per heavy atom. The Labute approximate surface area is 199 Å². The second-order valence-electron chi connectivity index (χ2n) is 9.33. The van der Waals surface area contributed by atoms with Crippen molar-refractivity contribution in [2.45, 2.75) is 58.6 Å². The maximum absolute atomic E-state index is 12.6. The van der Waals surface area contributed by atoms with Crippen LogP contribution >= 0.6 is 11.3 Å². The molecule has 1 unspecified atom stereocenters. The molecule has 1 amide bonds. The van der Waals surface area contributed by atoms with Crippen LogP contribution in [0.3, 0.4) is 0 Å². The van der Waals surface area contributed by atoms with Gasteiger partial charge in [-0.2, -0.15) is 0 Å². The van der Waals surface area contributed by atoms with Gasteiger partial charge in [-0.05, 0) is 82.2 Å². The maximum atomic E-state index is 12.6. The van der Waals surface area contributed by atoms with Crippen LogP contribution in [0.15, 0.2) is 53.0 Å². The van der Waals surface area contributed by atoms with Gasteiger partial charge >= 0.3 is 6.09 Å². The molecule has 0 fully saturated rings. The monoisotopic (exact) mass is 464 g/mol. The number of hydrogen-bond acceptors (Lipinski definition) is 4. The summed E-state index contributed by atoms with van der Waals surface area (Å²) >= 11 is 1.58. The third-order valence-corrected chi connectivity index (χ3v) is 6.72. The molecule has 33 heavy (non-hydrogen) atoms. The fourth-order valence-electron chi connectivity index (χ4n) is 4.27. The van der Waals surface area contributed by atoms with Gasteiger partial charge in [0.2, 0.25) is 0 Å². The predicted octanol–water partition coefficient (Wildman–Crippen LogP) is 6.46. The molecule has 1 aromatic carbocycles. The summed E-state index contributed by atoms with van der Waals surface area (Å²) in [5, 5.41) is 3.13. The normalized spacial score (nSPS) is 17.2. The molecule has 2 aromatic heterocycles. The Balaban J connectivity index is 1.54. The van der Waals surface area contributed by atoms with E-state index >= 15 is 0 Å². The van der Waals surface area contributed by atoms with Crippen molar-refractivity contribution >= 4 is 45.4 Å². The van der Waals surface area contributed by atoms with E-state index in [9.17, 15) is 4.79 Å². The van der Waals surface area contributed by atoms with Gasteiger partial charge in [-0.3, -0.25) is 0 Å². The van der Waals surface area contributed by atoms with Crippen molar-refractivity contribution in [3.8, 4) is 0 Å². The van der Waals surface area contributed by atoms with Gasteiger partial charge in [0.1, 0.15) is 11.4 Å². The van der Waals surface area contributed by atoms with Crippen molar-refractivity contribution in [3.05, 3.63) is 58.4 Å². The summed E-state index contributed by atoms with van der Waals surface area (Å²) in [6.07, 6.45) is 6.73. The molecular weight excluding hydrogens is 432 g/mol. The van der Waals surface area contributed by atoms with Gasteiger partial charge in [0.05, 0.1) is 10.6 Å². The molecule has 3 N–H and O–H groups in total. The van der Waals surface area contributed by atoms with Crippen LogP contribution in [0.2, 0.25) is 0 Å². The number of aromatic nitrogens is 1. The molecule has 2 heterocycles. The lowest BCUT2D eigenvalue weighted by Crippen LogP contribution is -2.43. The number of allylic oxidation sites excluding steroid dienone is 1. The zero-order valence-corrected chi connectivity index (χ0v) is 20.5. The average Bonchev–Trinajstić information content (AvgIpc) is 3.44. The number of fused-ring (bicyclic) bond motifs is 1. The Hall–Kier alpha value is -3.06. The number of carbonyl (C=O) groups excluding carboxylic acids is 1. The number of ether oxygens (including phenoxy) is 1. The molecule has 3 aromatic rings. The number of aromatic amines is 1. The van der Waals surface area contributed by atoms with E-state index in [1.807, 2.05) is 62.2 Å². The van der Waals surface area contributed by atoms with Crippen molar-refractivity contribution in [2.75, 3.05) is 6.54 Å². The molecule has 1 aliphatic carbocycles. The first-order valence-electron chi connectivity index (χ1n) is 11.4. The van der Waals surface area contributed by atoms with Gasteiger partial charge < -0.3 is 20.4 Å². The Morgan fingerprint density at radius 1 is 1.33 bits per heavy atom. The molecule has 4 rings (SSSR count). The quantitative estimate of drug-likeness (QED) is 0.336. The molecule has 174 valence electrons. The van der Waals surface area contributed by atoms with Crippen LogP contribution in [0.25, 0.3) is 16.5 Å². The van der Waals surface area contributed by atoms with Crippen LogP contribution in [-0.2, 0) is 4.74 Å². The summed E-state index contributed by atoms with van der Waals surface area (Å²) in [7, 11) is 0. The smallest absolute Gasteiger partial charge is 0.410 e. The van der Waals surface area contributed by atoms with E-state index in [2.05, 4.69) is 28.3 Å². The number of benzene rings is 1. The maximum Gasteiger partial charge on any atom is 0.410 e. The van der Waals surface area contributed by atoms with E-state index in [1.54, 1.807) is 11.3 Å². The van der Waals surface area contributed by atoms with Crippen molar-refractivity contribution < 1.29 is 9.53 Å². The Kier molecular flexibility index (Phi) is 6.61. The molecular formula is C26H32N4O2S. The first-order valence-corrected chi connectivity index (χ1v) is 12.3. The molecule has 0 bridgehead atoms. The van der Waals surface area contributed by atoms with E-state index in [0.29, 0.717) is 12.4 Å². The highest BCUT2D eigenvalue weighted by Crippen LogP contribution is 2.35. The van der Waals surface area contributed by atoms with Crippen molar-refractivity contribution in [3.63, 3.8) is 0 Å². The van der Waals surface area contributed by atoms with Crippen molar-refractivity contribution in [1.82, 2.24) is 9.88 Å². The van der Waals surface area contributed by atoms with Gasteiger partial charge in [-0.1, -0.05) is 12.1 Å². The number of carbonyl (C=O) groups is 1. The summed E-state index contributed by atoms with van der Waals surface area (Å²) in [5.74, 6) is 0.531. The Bertz CT molecular complexity index is 1180. The molecule has 0 spiro atoms. The summed E-state index contributed by atoms with van der Waals surface area (Å²) < 4.78 is 5.61. The fraction of sp³-hybridized carbons (Fsp3) is 0.385. The zero-order chi connectivity index (χ0) is 23.6. The molecule has 0 saturated carbocycles.